The normalized spacial score (nSPS) is 11.1. The van der Waals surface area contributed by atoms with Gasteiger partial charge in [-0.1, -0.05) is 23.7 Å². The van der Waals surface area contributed by atoms with Crippen LogP contribution in [0.25, 0.3) is 17.1 Å². The van der Waals surface area contributed by atoms with Gasteiger partial charge in [0, 0.05) is 11.1 Å². The van der Waals surface area contributed by atoms with Crippen LogP contribution in [-0.4, -0.2) is 23.0 Å². The van der Waals surface area contributed by atoms with E-state index in [1.54, 1.807) is 12.1 Å². The highest BCUT2D eigenvalue weighted by atomic mass is 35.5. The molecule has 0 saturated carbocycles. The molecule has 0 atom stereocenters. The third-order valence-electron chi connectivity index (χ3n) is 3.85. The number of nitrogens with one attached hydrogen (secondary N) is 1. The average Bonchev–Trinajstić information content (AvgIpc) is 2.68. The summed E-state index contributed by atoms with van der Waals surface area (Å²) in [4.78, 5) is 21.2. The molecule has 6 nitrogen and oxygen atoms in total. The maximum atomic E-state index is 12.5. The van der Waals surface area contributed by atoms with Crippen LogP contribution in [0, 0.1) is 18.3 Å². The summed E-state index contributed by atoms with van der Waals surface area (Å²) in [5, 5.41) is 12.6. The highest BCUT2D eigenvalue weighted by Crippen LogP contribution is 2.31. The fourth-order valence-electron chi connectivity index (χ4n) is 2.46. The Labute approximate surface area is 161 Å². The predicted molar refractivity (Wildman–Crippen MR) is 104 cm³/mol. The number of rotatable bonds is 4. The van der Waals surface area contributed by atoms with Gasteiger partial charge in [-0.15, -0.1) is 0 Å². The van der Waals surface area contributed by atoms with E-state index in [1.807, 2.05) is 37.3 Å². The number of halogens is 1. The Hall–Kier alpha value is -3.43. The number of fused-ring (bicyclic) bond motifs is 1. The van der Waals surface area contributed by atoms with E-state index in [9.17, 15) is 10.1 Å². The van der Waals surface area contributed by atoms with Crippen molar-refractivity contribution in [2.45, 2.75) is 6.92 Å². The molecule has 0 aliphatic rings. The van der Waals surface area contributed by atoms with Gasteiger partial charge in [0.2, 0.25) is 0 Å². The van der Waals surface area contributed by atoms with Crippen LogP contribution in [0.5, 0.6) is 5.75 Å². The molecule has 0 fully saturated rings. The molecule has 1 aromatic heterocycles. The van der Waals surface area contributed by atoms with E-state index in [0.717, 1.165) is 11.1 Å². The Morgan fingerprint density at radius 3 is 2.74 bits per heavy atom. The van der Waals surface area contributed by atoms with E-state index in [2.05, 4.69) is 15.3 Å². The highest BCUT2D eigenvalue weighted by molar-refractivity contribution is 6.31. The second-order valence-corrected chi connectivity index (χ2v) is 6.12. The summed E-state index contributed by atoms with van der Waals surface area (Å²) >= 11 is 6.07. The lowest BCUT2D eigenvalue weighted by atomic mass is 10.1. The lowest BCUT2D eigenvalue weighted by Gasteiger charge is -2.12. The fraction of sp³-hybridized carbons (Fsp3) is 0.100. The first-order chi connectivity index (χ1) is 13.0. The maximum Gasteiger partial charge on any atom is 0.266 e. The van der Waals surface area contributed by atoms with Gasteiger partial charge >= 0.3 is 0 Å². The second kappa shape index (κ2) is 7.85. The topological polar surface area (TPSA) is 87.9 Å². The molecule has 7 heteroatoms. The summed E-state index contributed by atoms with van der Waals surface area (Å²) < 4.78 is 5.24. The molecule has 1 N–H and O–H groups in total. The number of aromatic nitrogens is 2. The molecule has 27 heavy (non-hydrogen) atoms. The van der Waals surface area contributed by atoms with Gasteiger partial charge in [0.25, 0.3) is 5.91 Å². The number of amides is 1. The number of hydrogen-bond acceptors (Lipinski definition) is 5. The standard InChI is InChI=1S/C20H15ClN4O2/c1-12-7-18(19(27-2)9-15(12)21)25-20(26)13(10-22)8-14-11-23-16-5-3-4-6-17(16)24-14/h3-9,11H,1-2H3,(H,25,26)/b13-8+. The molecule has 0 aliphatic heterocycles. The number of ether oxygens (including phenoxy) is 1. The molecule has 0 bridgehead atoms. The molecule has 0 aliphatic carbocycles. The molecule has 134 valence electrons. The van der Waals surface area contributed by atoms with Crippen molar-refractivity contribution in [2.75, 3.05) is 12.4 Å². The smallest absolute Gasteiger partial charge is 0.266 e. The Kier molecular flexibility index (Phi) is 5.34. The molecule has 3 aromatic rings. The number of hydrogen-bond donors (Lipinski definition) is 1. The first-order valence-corrected chi connectivity index (χ1v) is 8.38. The van der Waals surface area contributed by atoms with Crippen molar-refractivity contribution < 1.29 is 9.53 Å². The third kappa shape index (κ3) is 4.05. The summed E-state index contributed by atoms with van der Waals surface area (Å²) in [7, 11) is 1.47. The van der Waals surface area contributed by atoms with Crippen LogP contribution in [0.3, 0.4) is 0 Å². The average molecular weight is 379 g/mol. The Morgan fingerprint density at radius 1 is 1.30 bits per heavy atom. The minimum Gasteiger partial charge on any atom is -0.495 e. The number of carbonyl (C=O) groups is 1. The fourth-order valence-corrected chi connectivity index (χ4v) is 2.61. The minimum atomic E-state index is -0.576. The number of aryl methyl sites for hydroxylation is 1. The molecule has 2 aromatic carbocycles. The molecule has 0 saturated heterocycles. The van der Waals surface area contributed by atoms with Crippen LogP contribution in [0.15, 0.2) is 48.2 Å². The number of methoxy groups -OCH3 is 1. The molecule has 0 spiro atoms. The molecular formula is C20H15ClN4O2. The van der Waals surface area contributed by atoms with Crippen LogP contribution in [-0.2, 0) is 4.79 Å². The number of nitrogens with zero attached hydrogens (tertiary/aromatic N) is 3. The highest BCUT2D eigenvalue weighted by Gasteiger charge is 2.14. The largest absolute Gasteiger partial charge is 0.495 e. The third-order valence-corrected chi connectivity index (χ3v) is 4.26. The van der Waals surface area contributed by atoms with Crippen molar-refractivity contribution in [3.05, 3.63) is 64.4 Å². The summed E-state index contributed by atoms with van der Waals surface area (Å²) in [5.41, 5.74) is 2.93. The molecular weight excluding hydrogens is 364 g/mol. The van der Waals surface area contributed by atoms with E-state index in [0.29, 0.717) is 27.7 Å². The van der Waals surface area contributed by atoms with Crippen LogP contribution in [0.2, 0.25) is 5.02 Å². The summed E-state index contributed by atoms with van der Waals surface area (Å²) in [6.45, 7) is 1.81. The van der Waals surface area contributed by atoms with Crippen molar-refractivity contribution in [3.8, 4) is 11.8 Å². The minimum absolute atomic E-state index is 0.103. The van der Waals surface area contributed by atoms with Gasteiger partial charge in [-0.05, 0) is 36.8 Å². The Morgan fingerprint density at radius 2 is 2.04 bits per heavy atom. The van der Waals surface area contributed by atoms with Gasteiger partial charge in [-0.2, -0.15) is 5.26 Å². The van der Waals surface area contributed by atoms with Gasteiger partial charge in [-0.3, -0.25) is 9.78 Å². The maximum absolute atomic E-state index is 12.5. The van der Waals surface area contributed by atoms with Gasteiger partial charge in [0.05, 0.1) is 35.7 Å². The SMILES string of the molecule is COc1cc(Cl)c(C)cc1NC(=O)/C(C#N)=C/c1cnc2ccccc2n1. The number of benzene rings is 2. The van der Waals surface area contributed by atoms with Crippen LogP contribution in [0.1, 0.15) is 11.3 Å². The quantitative estimate of drug-likeness (QED) is 0.544. The number of anilines is 1. The zero-order chi connectivity index (χ0) is 19.4. The van der Waals surface area contributed by atoms with Gasteiger partial charge in [-0.25, -0.2) is 4.98 Å². The molecule has 1 amide bonds. The summed E-state index contributed by atoms with van der Waals surface area (Å²) in [5.74, 6) is -0.172. The van der Waals surface area contributed by atoms with E-state index >= 15 is 0 Å². The molecule has 1 heterocycles. The number of para-hydroxylation sites is 2. The van der Waals surface area contributed by atoms with Gasteiger partial charge < -0.3 is 10.1 Å². The van der Waals surface area contributed by atoms with Crippen LogP contribution >= 0.6 is 11.6 Å². The van der Waals surface area contributed by atoms with Crippen LogP contribution < -0.4 is 10.1 Å². The van der Waals surface area contributed by atoms with Crippen LogP contribution in [0.4, 0.5) is 5.69 Å². The first kappa shape index (κ1) is 18.4. The van der Waals surface area contributed by atoms with E-state index in [1.165, 1.54) is 19.4 Å². The summed E-state index contributed by atoms with van der Waals surface area (Å²) in [6.07, 6.45) is 2.91. The lowest BCUT2D eigenvalue weighted by molar-refractivity contribution is -0.112. The van der Waals surface area contributed by atoms with E-state index < -0.39 is 5.91 Å². The number of carbonyl (C=O) groups excluding carboxylic acids is 1. The zero-order valence-electron chi connectivity index (χ0n) is 14.7. The van der Waals surface area contributed by atoms with Crippen molar-refractivity contribution >= 4 is 40.3 Å². The predicted octanol–water partition coefficient (Wildman–Crippen LogP) is 4.15. The molecule has 0 unspecified atom stereocenters. The van der Waals surface area contributed by atoms with Crippen molar-refractivity contribution in [1.82, 2.24) is 9.97 Å². The molecule has 3 rings (SSSR count). The van der Waals surface area contributed by atoms with Crippen molar-refractivity contribution in [2.24, 2.45) is 0 Å². The van der Waals surface area contributed by atoms with E-state index in [4.69, 9.17) is 16.3 Å². The monoisotopic (exact) mass is 378 g/mol. The molecule has 0 radical (unpaired) electrons. The zero-order valence-corrected chi connectivity index (χ0v) is 15.4. The van der Waals surface area contributed by atoms with Crippen molar-refractivity contribution in [1.29, 1.82) is 5.26 Å². The Balaban J connectivity index is 1.91. The second-order valence-electron chi connectivity index (χ2n) is 5.71. The van der Waals surface area contributed by atoms with Crippen molar-refractivity contribution in [3.63, 3.8) is 0 Å². The first-order valence-electron chi connectivity index (χ1n) is 8.01. The number of nitriles is 1. The Bertz CT molecular complexity index is 1100. The lowest BCUT2D eigenvalue weighted by Crippen LogP contribution is -2.14. The summed E-state index contributed by atoms with van der Waals surface area (Å²) in [6, 6.07) is 12.5. The van der Waals surface area contributed by atoms with Gasteiger partial charge in [0.15, 0.2) is 0 Å². The van der Waals surface area contributed by atoms with Gasteiger partial charge in [0.1, 0.15) is 17.4 Å². The van der Waals surface area contributed by atoms with E-state index in [-0.39, 0.29) is 5.57 Å².